The van der Waals surface area contributed by atoms with Gasteiger partial charge >= 0.3 is 12.2 Å². The SMILES string of the molecule is Cn1nc(C(F)(F)F)c2cc(C(=O)Nc3ccc(NC(=O)Nc4cc(C(C)(C)C)on4)cc3)sc21. The first kappa shape index (κ1) is 24.3. The van der Waals surface area contributed by atoms with Gasteiger partial charge in [0, 0.05) is 35.3 Å². The summed E-state index contributed by atoms with van der Waals surface area (Å²) in [5, 5.41) is 15.0. The molecule has 4 rings (SSSR count). The van der Waals surface area contributed by atoms with E-state index in [1.165, 1.54) is 13.1 Å². The molecule has 0 bridgehead atoms. The number of urea groups is 1. The van der Waals surface area contributed by atoms with Crippen LogP contribution in [0.4, 0.5) is 35.2 Å². The van der Waals surface area contributed by atoms with Crippen LogP contribution in [0.5, 0.6) is 0 Å². The molecule has 0 fully saturated rings. The molecule has 0 aliphatic heterocycles. The Labute approximate surface area is 201 Å². The summed E-state index contributed by atoms with van der Waals surface area (Å²) in [5.74, 6) is 0.333. The Hall–Kier alpha value is -3.87. The maximum Gasteiger partial charge on any atom is 0.435 e. The Morgan fingerprint density at radius 2 is 1.63 bits per heavy atom. The summed E-state index contributed by atoms with van der Waals surface area (Å²) in [6, 6.07) is 8.52. The maximum atomic E-state index is 13.2. The summed E-state index contributed by atoms with van der Waals surface area (Å²) >= 11 is 0.913. The van der Waals surface area contributed by atoms with E-state index < -0.39 is 23.8 Å². The van der Waals surface area contributed by atoms with Crippen molar-refractivity contribution in [2.45, 2.75) is 32.4 Å². The van der Waals surface area contributed by atoms with Crippen LogP contribution in [0.3, 0.4) is 0 Å². The van der Waals surface area contributed by atoms with Crippen LogP contribution in [0.15, 0.2) is 40.9 Å². The van der Waals surface area contributed by atoms with Crippen molar-refractivity contribution in [3.63, 3.8) is 0 Å². The van der Waals surface area contributed by atoms with Crippen molar-refractivity contribution < 1.29 is 27.3 Å². The Morgan fingerprint density at radius 3 is 2.20 bits per heavy atom. The average Bonchev–Trinajstić information content (AvgIpc) is 3.45. The van der Waals surface area contributed by atoms with E-state index >= 15 is 0 Å². The monoisotopic (exact) mass is 506 g/mol. The summed E-state index contributed by atoms with van der Waals surface area (Å²) < 4.78 is 45.8. The number of carbonyl (C=O) groups excluding carboxylic acids is 2. The Kier molecular flexibility index (Phi) is 6.05. The van der Waals surface area contributed by atoms with E-state index in [1.807, 2.05) is 20.8 Å². The van der Waals surface area contributed by atoms with Gasteiger partial charge in [0.25, 0.3) is 5.91 Å². The second-order valence-corrected chi connectivity index (χ2v) is 9.77. The average molecular weight is 507 g/mol. The Bertz CT molecular complexity index is 1400. The van der Waals surface area contributed by atoms with Crippen molar-refractivity contribution >= 4 is 50.7 Å². The molecule has 0 spiro atoms. The van der Waals surface area contributed by atoms with Gasteiger partial charge in [0.05, 0.1) is 4.88 Å². The molecule has 3 N–H and O–H groups in total. The molecule has 35 heavy (non-hydrogen) atoms. The highest BCUT2D eigenvalue weighted by atomic mass is 32.1. The minimum absolute atomic E-state index is 0.113. The van der Waals surface area contributed by atoms with E-state index in [-0.39, 0.29) is 26.3 Å². The van der Waals surface area contributed by atoms with E-state index in [4.69, 9.17) is 4.52 Å². The topological polar surface area (TPSA) is 114 Å². The van der Waals surface area contributed by atoms with Crippen LogP contribution < -0.4 is 16.0 Å². The van der Waals surface area contributed by atoms with Gasteiger partial charge < -0.3 is 15.2 Å². The van der Waals surface area contributed by atoms with Gasteiger partial charge in [-0.1, -0.05) is 25.9 Å². The minimum Gasteiger partial charge on any atom is -0.359 e. The molecule has 0 atom stereocenters. The molecule has 0 unspecified atom stereocenters. The largest absolute Gasteiger partial charge is 0.435 e. The third kappa shape index (κ3) is 5.29. The van der Waals surface area contributed by atoms with Crippen LogP contribution in [0, 0.1) is 0 Å². The highest BCUT2D eigenvalue weighted by Crippen LogP contribution is 2.37. The van der Waals surface area contributed by atoms with E-state index in [1.54, 1.807) is 30.3 Å². The van der Waals surface area contributed by atoms with Gasteiger partial charge in [0.2, 0.25) is 0 Å². The molecule has 3 aromatic heterocycles. The molecule has 9 nitrogen and oxygen atoms in total. The molecular weight excluding hydrogens is 485 g/mol. The third-order valence-electron chi connectivity index (χ3n) is 4.90. The number of nitrogens with zero attached hydrogens (tertiary/aromatic N) is 3. The van der Waals surface area contributed by atoms with Gasteiger partial charge in [0.1, 0.15) is 10.6 Å². The van der Waals surface area contributed by atoms with Crippen LogP contribution in [-0.4, -0.2) is 26.9 Å². The highest BCUT2D eigenvalue weighted by molar-refractivity contribution is 7.20. The number of hydrogen-bond acceptors (Lipinski definition) is 6. The molecular formula is C22H21F3N6O3S. The standard InChI is InChI=1S/C22H21F3N6O3S/c1-21(2,3)15-10-16(30-34-15)28-20(33)27-12-7-5-11(6-8-12)26-18(32)14-9-13-17(22(23,24)25)29-31(4)19(13)35-14/h5-10H,1-4H3,(H,26,32)(H2,27,28,30,33). The number of carbonyl (C=O) groups is 2. The van der Waals surface area contributed by atoms with Gasteiger partial charge in [-0.3, -0.25) is 14.8 Å². The second kappa shape index (κ2) is 8.73. The molecule has 0 aliphatic rings. The van der Waals surface area contributed by atoms with Crippen molar-refractivity contribution in [1.82, 2.24) is 14.9 Å². The second-order valence-electron chi connectivity index (χ2n) is 8.74. The lowest BCUT2D eigenvalue weighted by Crippen LogP contribution is -2.19. The third-order valence-corrected chi connectivity index (χ3v) is 6.10. The number of amides is 3. The quantitative estimate of drug-likeness (QED) is 0.322. The lowest BCUT2D eigenvalue weighted by molar-refractivity contribution is -0.140. The molecule has 184 valence electrons. The molecule has 13 heteroatoms. The minimum atomic E-state index is -4.62. The molecule has 0 saturated carbocycles. The fraction of sp³-hybridized carbons (Fsp3) is 0.273. The number of aryl methyl sites for hydroxylation is 1. The summed E-state index contributed by atoms with van der Waals surface area (Å²) in [5.41, 5.74) is -0.433. The number of alkyl halides is 3. The first-order valence-electron chi connectivity index (χ1n) is 10.3. The number of aromatic nitrogens is 3. The molecule has 1 aromatic carbocycles. The molecule has 3 amide bonds. The van der Waals surface area contributed by atoms with Crippen LogP contribution >= 0.6 is 11.3 Å². The van der Waals surface area contributed by atoms with Crippen molar-refractivity contribution in [3.8, 4) is 0 Å². The molecule has 0 aliphatic carbocycles. The highest BCUT2D eigenvalue weighted by Gasteiger charge is 2.37. The first-order chi connectivity index (χ1) is 16.3. The number of fused-ring (bicyclic) bond motifs is 1. The van der Waals surface area contributed by atoms with Gasteiger partial charge in [0.15, 0.2) is 11.5 Å². The zero-order valence-electron chi connectivity index (χ0n) is 19.1. The predicted molar refractivity (Wildman–Crippen MR) is 126 cm³/mol. The summed E-state index contributed by atoms with van der Waals surface area (Å²) in [6.07, 6.45) is -4.62. The number of rotatable bonds is 4. The van der Waals surface area contributed by atoms with E-state index in [0.717, 1.165) is 16.0 Å². The van der Waals surface area contributed by atoms with Crippen LogP contribution in [0.25, 0.3) is 10.2 Å². The first-order valence-corrected chi connectivity index (χ1v) is 11.1. The lowest BCUT2D eigenvalue weighted by Gasteiger charge is -2.12. The molecule has 3 heterocycles. The number of anilines is 3. The van der Waals surface area contributed by atoms with Crippen LogP contribution in [-0.2, 0) is 18.6 Å². The van der Waals surface area contributed by atoms with Gasteiger partial charge in [-0.05, 0) is 30.3 Å². The maximum absolute atomic E-state index is 13.2. The van der Waals surface area contributed by atoms with Crippen molar-refractivity contribution in [2.24, 2.45) is 7.05 Å². The molecule has 0 radical (unpaired) electrons. The summed E-state index contributed by atoms with van der Waals surface area (Å²) in [7, 11) is 1.39. The van der Waals surface area contributed by atoms with E-state index in [9.17, 15) is 22.8 Å². The molecule has 4 aromatic rings. The van der Waals surface area contributed by atoms with Gasteiger partial charge in [-0.15, -0.1) is 11.3 Å². The van der Waals surface area contributed by atoms with Gasteiger partial charge in [-0.25, -0.2) is 4.79 Å². The number of hydrogen-bond donors (Lipinski definition) is 3. The smallest absolute Gasteiger partial charge is 0.359 e. The summed E-state index contributed by atoms with van der Waals surface area (Å²) in [6.45, 7) is 5.86. The lowest BCUT2D eigenvalue weighted by atomic mass is 9.93. The summed E-state index contributed by atoms with van der Waals surface area (Å²) in [4.78, 5) is 25.2. The van der Waals surface area contributed by atoms with Crippen molar-refractivity contribution in [2.75, 3.05) is 16.0 Å². The number of thiophene rings is 1. The fourth-order valence-corrected chi connectivity index (χ4v) is 4.13. The normalized spacial score (nSPS) is 12.1. The number of nitrogens with one attached hydrogen (secondary N) is 3. The fourth-order valence-electron chi connectivity index (χ4n) is 3.16. The van der Waals surface area contributed by atoms with Crippen molar-refractivity contribution in [1.29, 1.82) is 0 Å². The Morgan fingerprint density at radius 1 is 1.00 bits per heavy atom. The van der Waals surface area contributed by atoms with Crippen LogP contribution in [0.2, 0.25) is 0 Å². The van der Waals surface area contributed by atoms with Crippen LogP contribution in [0.1, 0.15) is 41.9 Å². The zero-order valence-corrected chi connectivity index (χ0v) is 19.9. The van der Waals surface area contributed by atoms with E-state index in [2.05, 4.69) is 26.2 Å². The van der Waals surface area contributed by atoms with Gasteiger partial charge in [-0.2, -0.15) is 18.3 Å². The number of halogens is 3. The Balaban J connectivity index is 1.39. The van der Waals surface area contributed by atoms with E-state index in [0.29, 0.717) is 17.1 Å². The van der Waals surface area contributed by atoms with Crippen molar-refractivity contribution in [3.05, 3.63) is 52.7 Å². The zero-order chi connectivity index (χ0) is 25.5. The number of benzene rings is 1. The molecule has 0 saturated heterocycles. The predicted octanol–water partition coefficient (Wildman–Crippen LogP) is 5.84.